The molecular formula is C21H32N4O3. The summed E-state index contributed by atoms with van der Waals surface area (Å²) < 4.78 is 0. The molecule has 1 aliphatic heterocycles. The number of rotatable bonds is 7. The smallest absolute Gasteiger partial charge is 0.321 e. The molecule has 1 fully saturated rings. The van der Waals surface area contributed by atoms with Crippen LogP contribution >= 0.6 is 0 Å². The molecule has 0 aromatic heterocycles. The Labute approximate surface area is 167 Å². The predicted molar refractivity (Wildman–Crippen MR) is 108 cm³/mol. The molecule has 7 heteroatoms. The van der Waals surface area contributed by atoms with Crippen molar-refractivity contribution in [1.29, 1.82) is 0 Å². The Kier molecular flexibility index (Phi) is 8.44. The van der Waals surface area contributed by atoms with E-state index < -0.39 is 12.1 Å². The lowest BCUT2D eigenvalue weighted by Crippen LogP contribution is -2.53. The number of hydrogen-bond donors (Lipinski definition) is 3. The fourth-order valence-corrected chi connectivity index (χ4v) is 3.27. The number of nitrogens with one attached hydrogen (secondary N) is 3. The lowest BCUT2D eigenvalue weighted by atomic mass is 9.96. The summed E-state index contributed by atoms with van der Waals surface area (Å²) in [5.74, 6) is 0.0350. The number of carbonyl (C=O) groups excluding carboxylic acids is 3. The van der Waals surface area contributed by atoms with Crippen LogP contribution < -0.4 is 16.0 Å². The molecule has 0 bridgehead atoms. The van der Waals surface area contributed by atoms with E-state index in [9.17, 15) is 14.4 Å². The first kappa shape index (κ1) is 21.9. The van der Waals surface area contributed by atoms with Gasteiger partial charge in [-0.1, -0.05) is 44.2 Å². The average molecular weight is 389 g/mol. The standard InChI is InChI=1S/C21H32N4O3/c1-15(2)19(26)22-13-18-10-7-11-25(14-18)16(3)20(27)24-21(28)23-12-17-8-5-4-6-9-17/h4-6,8-9,15-16,18H,7,10-14H2,1-3H3,(H,22,26)(H2,23,24,27,28). The Bertz CT molecular complexity index is 663. The van der Waals surface area contributed by atoms with Gasteiger partial charge in [0.1, 0.15) is 0 Å². The molecule has 4 amide bonds. The Hall–Kier alpha value is -2.41. The van der Waals surface area contributed by atoms with Gasteiger partial charge in [-0.25, -0.2) is 4.79 Å². The van der Waals surface area contributed by atoms with E-state index in [4.69, 9.17) is 0 Å². The molecule has 0 saturated carbocycles. The summed E-state index contributed by atoms with van der Waals surface area (Å²) >= 11 is 0. The van der Waals surface area contributed by atoms with Crippen molar-refractivity contribution in [2.45, 2.75) is 46.2 Å². The van der Waals surface area contributed by atoms with Gasteiger partial charge in [0.15, 0.2) is 0 Å². The number of imide groups is 1. The van der Waals surface area contributed by atoms with Crippen LogP contribution in [0.4, 0.5) is 4.79 Å². The number of carbonyl (C=O) groups is 3. The van der Waals surface area contributed by atoms with E-state index >= 15 is 0 Å². The molecule has 2 atom stereocenters. The van der Waals surface area contributed by atoms with Crippen LogP contribution in [0.2, 0.25) is 0 Å². The monoisotopic (exact) mass is 388 g/mol. The van der Waals surface area contributed by atoms with Gasteiger partial charge in [-0.3, -0.25) is 19.8 Å². The van der Waals surface area contributed by atoms with Gasteiger partial charge in [-0.15, -0.1) is 0 Å². The third-order valence-electron chi connectivity index (χ3n) is 5.10. The quantitative estimate of drug-likeness (QED) is 0.665. The summed E-state index contributed by atoms with van der Waals surface area (Å²) in [6, 6.07) is 8.66. The van der Waals surface area contributed by atoms with Crippen LogP contribution in [-0.4, -0.2) is 48.4 Å². The van der Waals surface area contributed by atoms with Crippen LogP contribution in [0.5, 0.6) is 0 Å². The van der Waals surface area contributed by atoms with Gasteiger partial charge in [0, 0.05) is 25.6 Å². The average Bonchev–Trinajstić information content (AvgIpc) is 2.70. The molecule has 1 aliphatic rings. The highest BCUT2D eigenvalue weighted by atomic mass is 16.2. The molecule has 28 heavy (non-hydrogen) atoms. The summed E-state index contributed by atoms with van der Waals surface area (Å²) in [4.78, 5) is 38.3. The molecular weight excluding hydrogens is 356 g/mol. The van der Waals surface area contributed by atoms with Gasteiger partial charge in [-0.2, -0.15) is 0 Å². The van der Waals surface area contributed by atoms with Crippen molar-refractivity contribution in [3.8, 4) is 0 Å². The first-order valence-electron chi connectivity index (χ1n) is 10.0. The second-order valence-electron chi connectivity index (χ2n) is 7.74. The molecule has 0 radical (unpaired) electrons. The van der Waals surface area contributed by atoms with E-state index in [0.717, 1.165) is 31.5 Å². The third kappa shape index (κ3) is 6.96. The zero-order valence-corrected chi connectivity index (χ0v) is 17.0. The minimum Gasteiger partial charge on any atom is -0.356 e. The van der Waals surface area contributed by atoms with Crippen LogP contribution in [0.1, 0.15) is 39.2 Å². The van der Waals surface area contributed by atoms with Crippen molar-refractivity contribution in [2.24, 2.45) is 11.8 Å². The number of nitrogens with zero attached hydrogens (tertiary/aromatic N) is 1. The largest absolute Gasteiger partial charge is 0.356 e. The molecule has 2 rings (SSSR count). The second-order valence-corrected chi connectivity index (χ2v) is 7.74. The van der Waals surface area contributed by atoms with Gasteiger partial charge in [-0.05, 0) is 37.8 Å². The van der Waals surface area contributed by atoms with Gasteiger partial charge < -0.3 is 10.6 Å². The minimum atomic E-state index is -0.488. The van der Waals surface area contributed by atoms with E-state index in [1.807, 2.05) is 51.1 Å². The highest BCUT2D eigenvalue weighted by Gasteiger charge is 2.28. The minimum absolute atomic E-state index is 0.0289. The fraction of sp³-hybridized carbons (Fsp3) is 0.571. The maximum atomic E-state index is 12.4. The van der Waals surface area contributed by atoms with Crippen molar-refractivity contribution >= 4 is 17.8 Å². The lowest BCUT2D eigenvalue weighted by molar-refractivity contribution is -0.126. The summed E-state index contributed by atoms with van der Waals surface area (Å²) in [5.41, 5.74) is 0.973. The topological polar surface area (TPSA) is 90.5 Å². The van der Waals surface area contributed by atoms with E-state index in [0.29, 0.717) is 19.0 Å². The molecule has 0 aliphatic carbocycles. The Balaban J connectivity index is 1.76. The third-order valence-corrected chi connectivity index (χ3v) is 5.10. The van der Waals surface area contributed by atoms with E-state index in [1.54, 1.807) is 0 Å². The lowest BCUT2D eigenvalue weighted by Gasteiger charge is -2.36. The summed E-state index contributed by atoms with van der Waals surface area (Å²) in [5, 5.41) is 8.10. The van der Waals surface area contributed by atoms with Crippen molar-refractivity contribution in [1.82, 2.24) is 20.9 Å². The molecule has 0 spiro atoms. The normalized spacial score (nSPS) is 18.4. The summed E-state index contributed by atoms with van der Waals surface area (Å²) in [6.45, 7) is 8.10. The number of hydrogen-bond acceptors (Lipinski definition) is 4. The van der Waals surface area contributed by atoms with E-state index in [-0.39, 0.29) is 17.7 Å². The van der Waals surface area contributed by atoms with E-state index in [2.05, 4.69) is 20.9 Å². The summed E-state index contributed by atoms with van der Waals surface area (Å²) in [7, 11) is 0. The molecule has 154 valence electrons. The Morgan fingerprint density at radius 3 is 2.46 bits per heavy atom. The first-order valence-corrected chi connectivity index (χ1v) is 10.0. The van der Waals surface area contributed by atoms with Gasteiger partial charge in [0.2, 0.25) is 11.8 Å². The van der Waals surface area contributed by atoms with Gasteiger partial charge in [0.25, 0.3) is 0 Å². The zero-order chi connectivity index (χ0) is 20.5. The Morgan fingerprint density at radius 2 is 1.79 bits per heavy atom. The second kappa shape index (κ2) is 10.8. The van der Waals surface area contributed by atoms with Crippen molar-refractivity contribution in [2.75, 3.05) is 19.6 Å². The maximum Gasteiger partial charge on any atom is 0.321 e. The molecule has 1 saturated heterocycles. The summed E-state index contributed by atoms with van der Waals surface area (Å²) in [6.07, 6.45) is 2.00. The SMILES string of the molecule is CC(C)C(=O)NCC1CCCN(C(C)C(=O)NC(=O)NCc2ccccc2)C1. The van der Waals surface area contributed by atoms with Crippen molar-refractivity contribution < 1.29 is 14.4 Å². The van der Waals surface area contributed by atoms with Crippen LogP contribution in [0, 0.1) is 11.8 Å². The molecule has 3 N–H and O–H groups in total. The predicted octanol–water partition coefficient (Wildman–Crippen LogP) is 1.89. The number of amides is 4. The number of benzene rings is 1. The van der Waals surface area contributed by atoms with Gasteiger partial charge in [0.05, 0.1) is 6.04 Å². The fourth-order valence-electron chi connectivity index (χ4n) is 3.27. The Morgan fingerprint density at radius 1 is 1.07 bits per heavy atom. The van der Waals surface area contributed by atoms with Crippen LogP contribution in [-0.2, 0) is 16.1 Å². The molecule has 2 unspecified atom stereocenters. The highest BCUT2D eigenvalue weighted by molar-refractivity contribution is 5.96. The maximum absolute atomic E-state index is 12.4. The molecule has 1 aromatic rings. The van der Waals surface area contributed by atoms with Crippen LogP contribution in [0.3, 0.4) is 0 Å². The van der Waals surface area contributed by atoms with Crippen LogP contribution in [0.15, 0.2) is 30.3 Å². The number of likely N-dealkylation sites (tertiary alicyclic amines) is 1. The number of urea groups is 1. The molecule has 1 heterocycles. The van der Waals surface area contributed by atoms with Crippen molar-refractivity contribution in [3.05, 3.63) is 35.9 Å². The van der Waals surface area contributed by atoms with Gasteiger partial charge >= 0.3 is 6.03 Å². The molecule has 7 nitrogen and oxygen atoms in total. The number of piperidine rings is 1. The zero-order valence-electron chi connectivity index (χ0n) is 17.0. The van der Waals surface area contributed by atoms with Crippen molar-refractivity contribution in [3.63, 3.8) is 0 Å². The molecule has 1 aromatic carbocycles. The van der Waals surface area contributed by atoms with Crippen LogP contribution in [0.25, 0.3) is 0 Å². The highest BCUT2D eigenvalue weighted by Crippen LogP contribution is 2.18. The van der Waals surface area contributed by atoms with E-state index in [1.165, 1.54) is 0 Å². The first-order chi connectivity index (χ1) is 13.4.